The number of aromatic carboxylic acids is 1. The van der Waals surface area contributed by atoms with Gasteiger partial charge in [0, 0.05) is 10.0 Å². The third kappa shape index (κ3) is 6.03. The molecule has 0 saturated heterocycles. The van der Waals surface area contributed by atoms with Crippen molar-refractivity contribution in [1.29, 1.82) is 0 Å². The van der Waals surface area contributed by atoms with Gasteiger partial charge in [0.05, 0.1) is 28.3 Å². The maximum absolute atomic E-state index is 13.1. The number of hydrogen-bond acceptors (Lipinski definition) is 5. The fraction of sp³-hybridized carbons (Fsp3) is 0.227. The highest BCUT2D eigenvalue weighted by Crippen LogP contribution is 2.37. The van der Waals surface area contributed by atoms with Crippen molar-refractivity contribution < 1.29 is 44.7 Å². The number of hydrogen-bond donors (Lipinski definition) is 1. The summed E-state index contributed by atoms with van der Waals surface area (Å²) in [6.45, 7) is 1.24. The average molecular weight is 597 g/mol. The molecule has 0 aliphatic rings. The SMILES string of the molecule is Cc1nc(S(=O)(=O)CCc2cc(C(F)(F)F)cc(C(F)(F)F)c2)nc(-c2ccccc2Br)c1C(=O)O. The fourth-order valence-electron chi connectivity index (χ4n) is 3.30. The van der Waals surface area contributed by atoms with Crippen molar-refractivity contribution >= 4 is 31.7 Å². The molecule has 2 aromatic carbocycles. The standard InChI is InChI=1S/C22H15BrF6N2O4S/c1-11-17(19(32)33)18(15-4-2-3-5-16(15)23)31-20(30-11)36(34,35)7-6-12-8-13(21(24,25)26)10-14(9-12)22(27,28)29/h2-5,8-10H,6-7H2,1H3,(H,32,33). The number of carboxylic acids is 1. The van der Waals surface area contributed by atoms with Gasteiger partial charge in [-0.05, 0) is 43.2 Å². The molecule has 14 heteroatoms. The van der Waals surface area contributed by atoms with Gasteiger partial charge >= 0.3 is 18.3 Å². The molecule has 0 fully saturated rings. The second kappa shape index (κ2) is 9.81. The number of carboxylic acid groups (broad SMARTS) is 1. The second-order valence-electron chi connectivity index (χ2n) is 7.58. The highest BCUT2D eigenvalue weighted by Gasteiger charge is 2.37. The van der Waals surface area contributed by atoms with Gasteiger partial charge in [0.2, 0.25) is 15.0 Å². The van der Waals surface area contributed by atoms with Gasteiger partial charge in [0.1, 0.15) is 5.56 Å². The van der Waals surface area contributed by atoms with Crippen LogP contribution in [0.4, 0.5) is 26.3 Å². The lowest BCUT2D eigenvalue weighted by Gasteiger charge is -2.15. The van der Waals surface area contributed by atoms with Gasteiger partial charge in [-0.2, -0.15) is 26.3 Å². The number of halogens is 7. The van der Waals surface area contributed by atoms with Crippen LogP contribution in [0.15, 0.2) is 52.1 Å². The minimum atomic E-state index is -5.08. The lowest BCUT2D eigenvalue weighted by atomic mass is 10.0. The number of benzene rings is 2. The Bertz CT molecular complexity index is 1410. The third-order valence-corrected chi connectivity index (χ3v) is 7.17. The smallest absolute Gasteiger partial charge is 0.416 e. The third-order valence-electron chi connectivity index (χ3n) is 5.00. The second-order valence-corrected chi connectivity index (χ2v) is 10.4. The quantitative estimate of drug-likeness (QED) is 0.278. The summed E-state index contributed by atoms with van der Waals surface area (Å²) in [5.74, 6) is -2.35. The molecule has 0 spiro atoms. The largest absolute Gasteiger partial charge is 0.478 e. The Hall–Kier alpha value is -3.00. The van der Waals surface area contributed by atoms with Crippen LogP contribution >= 0.6 is 15.9 Å². The first-order valence-electron chi connectivity index (χ1n) is 9.88. The molecular formula is C22H15BrF6N2O4S. The van der Waals surface area contributed by atoms with E-state index in [0.29, 0.717) is 16.6 Å². The van der Waals surface area contributed by atoms with E-state index >= 15 is 0 Å². The molecule has 0 saturated carbocycles. The first-order chi connectivity index (χ1) is 16.5. The molecular weight excluding hydrogens is 582 g/mol. The topological polar surface area (TPSA) is 97.2 Å². The number of sulfone groups is 1. The number of rotatable bonds is 6. The first kappa shape index (κ1) is 27.6. The summed E-state index contributed by atoms with van der Waals surface area (Å²) in [7, 11) is -4.46. The van der Waals surface area contributed by atoms with Crippen LogP contribution in [0.5, 0.6) is 0 Å². The van der Waals surface area contributed by atoms with Crippen LogP contribution in [0.3, 0.4) is 0 Å². The van der Waals surface area contributed by atoms with Crippen molar-refractivity contribution in [3.63, 3.8) is 0 Å². The van der Waals surface area contributed by atoms with Crippen molar-refractivity contribution in [2.75, 3.05) is 5.75 Å². The van der Waals surface area contributed by atoms with Crippen molar-refractivity contribution in [1.82, 2.24) is 9.97 Å². The van der Waals surface area contributed by atoms with E-state index in [1.807, 2.05) is 0 Å². The summed E-state index contributed by atoms with van der Waals surface area (Å²) >= 11 is 3.24. The molecule has 0 aliphatic heterocycles. The number of nitrogens with zero attached hydrogens (tertiary/aromatic N) is 2. The Balaban J connectivity index is 2.05. The van der Waals surface area contributed by atoms with Gasteiger partial charge in [-0.15, -0.1) is 0 Å². The van der Waals surface area contributed by atoms with Gasteiger partial charge in [-0.25, -0.2) is 23.2 Å². The van der Waals surface area contributed by atoms with E-state index in [-0.39, 0.29) is 28.6 Å². The van der Waals surface area contributed by atoms with Crippen LogP contribution in [0.1, 0.15) is 32.7 Å². The van der Waals surface area contributed by atoms with Crippen LogP contribution in [0.2, 0.25) is 0 Å². The molecule has 1 aromatic heterocycles. The van der Waals surface area contributed by atoms with E-state index in [1.54, 1.807) is 18.2 Å². The molecule has 6 nitrogen and oxygen atoms in total. The highest BCUT2D eigenvalue weighted by molar-refractivity contribution is 9.10. The van der Waals surface area contributed by atoms with Crippen molar-refractivity contribution in [3.8, 4) is 11.3 Å². The molecule has 0 amide bonds. The first-order valence-corrected chi connectivity index (χ1v) is 12.3. The van der Waals surface area contributed by atoms with Gasteiger partial charge in [0.15, 0.2) is 0 Å². The Labute approximate surface area is 209 Å². The summed E-state index contributed by atoms with van der Waals surface area (Å²) in [5.41, 5.74) is -4.19. The Morgan fingerprint density at radius 1 is 0.972 bits per heavy atom. The number of alkyl halides is 6. The Morgan fingerprint density at radius 3 is 2.03 bits per heavy atom. The number of carbonyl (C=O) groups is 1. The summed E-state index contributed by atoms with van der Waals surface area (Å²) in [6, 6.07) is 7.06. The predicted octanol–water partition coefficient (Wildman–Crippen LogP) is 5.97. The van der Waals surface area contributed by atoms with Gasteiger partial charge in [-0.1, -0.05) is 34.1 Å². The van der Waals surface area contributed by atoms with E-state index in [4.69, 9.17) is 0 Å². The van der Waals surface area contributed by atoms with Crippen LogP contribution in [-0.4, -0.2) is 35.2 Å². The molecule has 3 aromatic rings. The molecule has 0 radical (unpaired) electrons. The van der Waals surface area contributed by atoms with E-state index in [1.165, 1.54) is 13.0 Å². The molecule has 192 valence electrons. The van der Waals surface area contributed by atoms with Crippen LogP contribution in [-0.2, 0) is 28.6 Å². The monoisotopic (exact) mass is 596 g/mol. The lowest BCUT2D eigenvalue weighted by molar-refractivity contribution is -0.143. The minimum absolute atomic E-state index is 0.0565. The molecule has 3 rings (SSSR count). The average Bonchev–Trinajstić information content (AvgIpc) is 2.76. The van der Waals surface area contributed by atoms with Crippen molar-refractivity contribution in [3.05, 3.63) is 74.9 Å². The fourth-order valence-corrected chi connectivity index (χ4v) is 4.96. The van der Waals surface area contributed by atoms with Gasteiger partial charge < -0.3 is 5.11 Å². The molecule has 0 bridgehead atoms. The maximum Gasteiger partial charge on any atom is 0.416 e. The highest BCUT2D eigenvalue weighted by atomic mass is 79.9. The maximum atomic E-state index is 13.1. The molecule has 1 heterocycles. The van der Waals surface area contributed by atoms with E-state index in [9.17, 15) is 44.7 Å². The Kier molecular flexibility index (Phi) is 7.51. The van der Waals surface area contributed by atoms with Crippen molar-refractivity contribution in [2.45, 2.75) is 30.9 Å². The van der Waals surface area contributed by atoms with E-state index < -0.39 is 62.2 Å². The normalized spacial score (nSPS) is 12.6. The van der Waals surface area contributed by atoms with E-state index in [0.717, 1.165) is 0 Å². The molecule has 0 unspecified atom stereocenters. The summed E-state index contributed by atoms with van der Waals surface area (Å²) < 4.78 is 105. The van der Waals surface area contributed by atoms with Gasteiger partial charge in [0.25, 0.3) is 0 Å². The van der Waals surface area contributed by atoms with Crippen LogP contribution < -0.4 is 0 Å². The summed E-state index contributed by atoms with van der Waals surface area (Å²) in [6.07, 6.45) is -10.9. The molecule has 36 heavy (non-hydrogen) atoms. The summed E-state index contributed by atoms with van der Waals surface area (Å²) in [4.78, 5) is 19.5. The zero-order chi connectivity index (χ0) is 27.1. The van der Waals surface area contributed by atoms with Crippen LogP contribution in [0.25, 0.3) is 11.3 Å². The molecule has 1 N–H and O–H groups in total. The summed E-state index contributed by atoms with van der Waals surface area (Å²) in [5, 5.41) is 8.79. The van der Waals surface area contributed by atoms with Gasteiger partial charge in [-0.3, -0.25) is 0 Å². The Morgan fingerprint density at radius 2 is 1.53 bits per heavy atom. The zero-order valence-electron chi connectivity index (χ0n) is 18.1. The minimum Gasteiger partial charge on any atom is -0.478 e. The van der Waals surface area contributed by atoms with Crippen molar-refractivity contribution in [2.24, 2.45) is 0 Å². The molecule has 0 atom stereocenters. The predicted molar refractivity (Wildman–Crippen MR) is 119 cm³/mol. The molecule has 0 aliphatic carbocycles. The zero-order valence-corrected chi connectivity index (χ0v) is 20.5. The van der Waals surface area contributed by atoms with Crippen LogP contribution in [0, 0.1) is 6.92 Å². The number of aromatic nitrogens is 2. The lowest BCUT2D eigenvalue weighted by Crippen LogP contribution is -2.18. The number of aryl methyl sites for hydroxylation is 2. The van der Waals surface area contributed by atoms with E-state index in [2.05, 4.69) is 25.9 Å².